The van der Waals surface area contributed by atoms with Gasteiger partial charge in [-0.15, -0.1) is 10.2 Å². The van der Waals surface area contributed by atoms with Crippen LogP contribution >= 0.6 is 27.3 Å². The molecule has 1 aliphatic rings. The molecule has 0 radical (unpaired) electrons. The number of nitrogens with zero attached hydrogens (tertiary/aromatic N) is 2. The molecule has 4 nitrogen and oxygen atoms in total. The molecule has 0 aromatic carbocycles. The van der Waals surface area contributed by atoms with Crippen molar-refractivity contribution in [3.8, 4) is 10.6 Å². The summed E-state index contributed by atoms with van der Waals surface area (Å²) in [5.41, 5.74) is 0.981. The summed E-state index contributed by atoms with van der Waals surface area (Å²) in [6, 6.07) is 2.69. The third kappa shape index (κ3) is 2.99. The van der Waals surface area contributed by atoms with Gasteiger partial charge >= 0.3 is 0 Å². The predicted octanol–water partition coefficient (Wildman–Crippen LogP) is 3.25. The maximum Gasteiger partial charge on any atom is 0.179 e. The maximum absolute atomic E-state index is 5.21. The summed E-state index contributed by atoms with van der Waals surface area (Å²) in [7, 11) is 0. The lowest BCUT2D eigenvalue weighted by atomic mass is 10.3. The fraction of sp³-hybridized carbons (Fsp3) is 0.500. The van der Waals surface area contributed by atoms with Gasteiger partial charge in [-0.25, -0.2) is 0 Å². The van der Waals surface area contributed by atoms with Crippen LogP contribution in [0, 0.1) is 0 Å². The van der Waals surface area contributed by atoms with Crippen LogP contribution in [0.2, 0.25) is 0 Å². The van der Waals surface area contributed by atoms with Crippen LogP contribution in [0.15, 0.2) is 21.4 Å². The summed E-state index contributed by atoms with van der Waals surface area (Å²) in [5.74, 6) is 0. The molecule has 0 bridgehead atoms. The standard InChI is InChI=1S/C12H14BrN3OS/c13-11-9(5-7-17-11)12-16-15-10(18-12)2-1-6-14-8-3-4-8/h5,7-8,14H,1-4,6H2. The van der Waals surface area contributed by atoms with E-state index < -0.39 is 0 Å². The summed E-state index contributed by atoms with van der Waals surface area (Å²) in [4.78, 5) is 0. The van der Waals surface area contributed by atoms with Gasteiger partial charge in [-0.1, -0.05) is 11.3 Å². The summed E-state index contributed by atoms with van der Waals surface area (Å²) in [6.45, 7) is 1.08. The molecule has 96 valence electrons. The number of hydrogen-bond donors (Lipinski definition) is 1. The molecule has 2 aromatic rings. The molecule has 0 unspecified atom stereocenters. The Labute approximate surface area is 118 Å². The van der Waals surface area contributed by atoms with Crippen LogP contribution in [0.25, 0.3) is 10.6 Å². The smallest absolute Gasteiger partial charge is 0.179 e. The molecule has 1 saturated carbocycles. The van der Waals surface area contributed by atoms with Crippen molar-refractivity contribution < 1.29 is 4.42 Å². The zero-order valence-electron chi connectivity index (χ0n) is 9.86. The van der Waals surface area contributed by atoms with E-state index in [2.05, 4.69) is 31.4 Å². The Balaban J connectivity index is 1.54. The summed E-state index contributed by atoms with van der Waals surface area (Å²) >= 11 is 5.00. The van der Waals surface area contributed by atoms with Crippen molar-refractivity contribution >= 4 is 27.3 Å². The third-order valence-corrected chi connectivity index (χ3v) is 4.52. The second-order valence-electron chi connectivity index (χ2n) is 4.44. The summed E-state index contributed by atoms with van der Waals surface area (Å²) in [6.07, 6.45) is 6.46. The van der Waals surface area contributed by atoms with Gasteiger partial charge in [0, 0.05) is 12.5 Å². The molecule has 6 heteroatoms. The first-order chi connectivity index (χ1) is 8.83. The van der Waals surface area contributed by atoms with Gasteiger partial charge in [-0.05, 0) is 47.8 Å². The molecule has 0 amide bonds. The zero-order chi connectivity index (χ0) is 12.4. The first-order valence-corrected chi connectivity index (χ1v) is 7.73. The molecule has 1 fully saturated rings. The van der Waals surface area contributed by atoms with Gasteiger partial charge in [-0.2, -0.15) is 0 Å². The summed E-state index contributed by atoms with van der Waals surface area (Å²) in [5, 5.41) is 13.9. The monoisotopic (exact) mass is 327 g/mol. The molecule has 2 aromatic heterocycles. The van der Waals surface area contributed by atoms with Crippen LogP contribution in [0.1, 0.15) is 24.3 Å². The van der Waals surface area contributed by atoms with Crippen LogP contribution in [0.5, 0.6) is 0 Å². The molecule has 1 N–H and O–H groups in total. The van der Waals surface area contributed by atoms with Crippen LogP contribution in [-0.2, 0) is 6.42 Å². The van der Waals surface area contributed by atoms with E-state index in [9.17, 15) is 0 Å². The van der Waals surface area contributed by atoms with Gasteiger partial charge in [0.25, 0.3) is 0 Å². The molecule has 0 saturated heterocycles. The van der Waals surface area contributed by atoms with Crippen molar-refractivity contribution in [2.75, 3.05) is 6.54 Å². The highest BCUT2D eigenvalue weighted by Crippen LogP contribution is 2.31. The zero-order valence-corrected chi connectivity index (χ0v) is 12.3. The van der Waals surface area contributed by atoms with Crippen molar-refractivity contribution in [1.82, 2.24) is 15.5 Å². The highest BCUT2D eigenvalue weighted by Gasteiger charge is 2.19. The minimum atomic E-state index is 0.723. The molecule has 18 heavy (non-hydrogen) atoms. The number of aromatic nitrogens is 2. The van der Waals surface area contributed by atoms with Crippen molar-refractivity contribution in [2.45, 2.75) is 31.7 Å². The van der Waals surface area contributed by atoms with E-state index in [0.717, 1.165) is 45.7 Å². The molecular formula is C12H14BrN3OS. The Bertz CT molecular complexity index is 521. The van der Waals surface area contributed by atoms with Crippen molar-refractivity contribution in [3.63, 3.8) is 0 Å². The lowest BCUT2D eigenvalue weighted by Gasteiger charge is -1.99. The number of nitrogens with one attached hydrogen (secondary N) is 1. The van der Waals surface area contributed by atoms with Gasteiger partial charge in [0.15, 0.2) is 9.68 Å². The second kappa shape index (κ2) is 5.50. The van der Waals surface area contributed by atoms with Crippen molar-refractivity contribution in [1.29, 1.82) is 0 Å². The van der Waals surface area contributed by atoms with Crippen molar-refractivity contribution in [2.24, 2.45) is 0 Å². The minimum absolute atomic E-state index is 0.723. The fourth-order valence-corrected chi connectivity index (χ4v) is 3.21. The third-order valence-electron chi connectivity index (χ3n) is 2.89. The quantitative estimate of drug-likeness (QED) is 0.827. The predicted molar refractivity (Wildman–Crippen MR) is 74.7 cm³/mol. The van der Waals surface area contributed by atoms with E-state index >= 15 is 0 Å². The van der Waals surface area contributed by atoms with E-state index in [0.29, 0.717) is 0 Å². The molecule has 0 aliphatic heterocycles. The van der Waals surface area contributed by atoms with Crippen LogP contribution < -0.4 is 5.32 Å². The Morgan fingerprint density at radius 2 is 2.33 bits per heavy atom. The Kier molecular flexibility index (Phi) is 3.77. The average Bonchev–Trinajstić information content (AvgIpc) is 2.90. The molecule has 0 spiro atoms. The van der Waals surface area contributed by atoms with Crippen LogP contribution in [0.3, 0.4) is 0 Å². The number of rotatable bonds is 6. The first kappa shape index (κ1) is 12.3. The SMILES string of the molecule is Brc1occc1-c1nnc(CCCNC2CC2)s1. The number of aryl methyl sites for hydroxylation is 1. The van der Waals surface area contributed by atoms with E-state index in [1.165, 1.54) is 12.8 Å². The van der Waals surface area contributed by atoms with Gasteiger partial charge in [-0.3, -0.25) is 0 Å². The average molecular weight is 328 g/mol. The van der Waals surface area contributed by atoms with Crippen molar-refractivity contribution in [3.05, 3.63) is 22.0 Å². The fourth-order valence-electron chi connectivity index (χ4n) is 1.74. The molecule has 3 rings (SSSR count). The van der Waals surface area contributed by atoms with Gasteiger partial charge in [0.05, 0.1) is 11.8 Å². The highest BCUT2D eigenvalue weighted by atomic mass is 79.9. The number of halogens is 1. The molecule has 1 aliphatic carbocycles. The molecular weight excluding hydrogens is 314 g/mol. The van der Waals surface area contributed by atoms with Gasteiger partial charge in [0.2, 0.25) is 0 Å². The number of furan rings is 1. The lowest BCUT2D eigenvalue weighted by molar-refractivity contribution is 0.542. The van der Waals surface area contributed by atoms with Crippen LogP contribution in [-0.4, -0.2) is 22.8 Å². The molecule has 0 atom stereocenters. The van der Waals surface area contributed by atoms with E-state index in [4.69, 9.17) is 4.42 Å². The largest absolute Gasteiger partial charge is 0.457 e. The van der Waals surface area contributed by atoms with E-state index in [1.807, 2.05) is 6.07 Å². The normalized spacial score (nSPS) is 15.2. The number of hydrogen-bond acceptors (Lipinski definition) is 5. The Morgan fingerprint density at radius 3 is 3.06 bits per heavy atom. The first-order valence-electron chi connectivity index (χ1n) is 6.12. The topological polar surface area (TPSA) is 51.0 Å². The van der Waals surface area contributed by atoms with Gasteiger partial charge < -0.3 is 9.73 Å². The van der Waals surface area contributed by atoms with Crippen LogP contribution in [0.4, 0.5) is 0 Å². The Hall–Kier alpha value is -0.720. The summed E-state index contributed by atoms with van der Waals surface area (Å²) < 4.78 is 5.93. The molecule has 2 heterocycles. The minimum Gasteiger partial charge on any atom is -0.457 e. The van der Waals surface area contributed by atoms with Gasteiger partial charge in [0.1, 0.15) is 5.01 Å². The van der Waals surface area contributed by atoms with E-state index in [-0.39, 0.29) is 0 Å². The second-order valence-corrected chi connectivity index (χ2v) is 6.22. The highest BCUT2D eigenvalue weighted by molar-refractivity contribution is 9.10. The van der Waals surface area contributed by atoms with E-state index in [1.54, 1.807) is 17.6 Å². The maximum atomic E-state index is 5.21. The Morgan fingerprint density at radius 1 is 1.44 bits per heavy atom. The lowest BCUT2D eigenvalue weighted by Crippen LogP contribution is -2.17.